The van der Waals surface area contributed by atoms with E-state index in [4.69, 9.17) is 0 Å². The third-order valence-electron chi connectivity index (χ3n) is 6.34. The Morgan fingerprint density at radius 2 is 1.77 bits per heavy atom. The maximum atomic E-state index is 13.8. The van der Waals surface area contributed by atoms with Gasteiger partial charge in [-0.3, -0.25) is 9.48 Å². The molecule has 31 heavy (non-hydrogen) atoms. The van der Waals surface area contributed by atoms with E-state index in [2.05, 4.69) is 5.10 Å². The number of aromatic nitrogens is 3. The van der Waals surface area contributed by atoms with Gasteiger partial charge in [0.05, 0.1) is 0 Å². The monoisotopic (exact) mass is 438 g/mol. The molecule has 0 aliphatic carbocycles. The molecule has 0 N–H and O–H groups in total. The molecule has 4 heterocycles. The zero-order chi connectivity index (χ0) is 21.8. The van der Waals surface area contributed by atoms with E-state index in [1.807, 2.05) is 54.8 Å². The first kappa shape index (κ1) is 20.2. The van der Waals surface area contributed by atoms with Crippen molar-refractivity contribution in [1.82, 2.24) is 18.7 Å². The SMILES string of the molecule is CC(C)n1cc(S(=O)(=O)N2CC3CC(C2)c2cccc(=O)n2C3)c(-c2ccccc2)n1. The molecule has 2 bridgehead atoms. The standard InChI is InChI=1S/C23H26N4O3S/c1-16(2)27-15-21(23(24-27)18-7-4-3-5-8-18)31(29,30)25-12-17-11-19(14-25)20-9-6-10-22(28)26(20)13-17/h3-10,15-17,19H,11-14H2,1-2H3. The van der Waals surface area contributed by atoms with Gasteiger partial charge in [-0.25, -0.2) is 8.42 Å². The third-order valence-corrected chi connectivity index (χ3v) is 8.17. The minimum absolute atomic E-state index is 0.00641. The Morgan fingerprint density at radius 3 is 2.52 bits per heavy atom. The van der Waals surface area contributed by atoms with E-state index in [9.17, 15) is 13.2 Å². The van der Waals surface area contributed by atoms with Crippen LogP contribution < -0.4 is 5.56 Å². The quantitative estimate of drug-likeness (QED) is 0.627. The van der Waals surface area contributed by atoms with Gasteiger partial charge in [0.2, 0.25) is 10.0 Å². The predicted molar refractivity (Wildman–Crippen MR) is 118 cm³/mol. The van der Waals surface area contributed by atoms with Crippen molar-refractivity contribution in [3.8, 4) is 11.3 Å². The molecule has 0 amide bonds. The molecule has 5 rings (SSSR count). The van der Waals surface area contributed by atoms with Crippen LogP contribution in [0, 0.1) is 5.92 Å². The van der Waals surface area contributed by atoms with E-state index in [-0.39, 0.29) is 28.3 Å². The number of hydrogen-bond acceptors (Lipinski definition) is 4. The lowest BCUT2D eigenvalue weighted by Gasteiger charge is -2.41. The molecule has 2 atom stereocenters. The summed E-state index contributed by atoms with van der Waals surface area (Å²) in [7, 11) is -3.75. The summed E-state index contributed by atoms with van der Waals surface area (Å²) in [5.41, 5.74) is 2.20. The van der Waals surface area contributed by atoms with Gasteiger partial charge in [-0.05, 0) is 32.3 Å². The summed E-state index contributed by atoms with van der Waals surface area (Å²) in [5.74, 6) is 0.151. The lowest BCUT2D eigenvalue weighted by Crippen LogP contribution is -2.49. The Hall–Kier alpha value is -2.71. The predicted octanol–water partition coefficient (Wildman–Crippen LogP) is 3.10. The highest BCUT2D eigenvalue weighted by Gasteiger charge is 2.41. The number of piperidine rings is 1. The largest absolute Gasteiger partial charge is 0.312 e. The molecule has 0 radical (unpaired) electrons. The van der Waals surface area contributed by atoms with Crippen LogP contribution in [0.3, 0.4) is 0 Å². The summed E-state index contributed by atoms with van der Waals surface area (Å²) < 4.78 is 32.8. The molecule has 7 nitrogen and oxygen atoms in total. The van der Waals surface area contributed by atoms with Gasteiger partial charge >= 0.3 is 0 Å². The molecule has 1 aromatic carbocycles. The van der Waals surface area contributed by atoms with E-state index >= 15 is 0 Å². The molecule has 162 valence electrons. The van der Waals surface area contributed by atoms with E-state index in [1.165, 1.54) is 0 Å². The van der Waals surface area contributed by atoms with Crippen molar-refractivity contribution < 1.29 is 8.42 Å². The van der Waals surface area contributed by atoms with Crippen LogP contribution >= 0.6 is 0 Å². The van der Waals surface area contributed by atoms with Gasteiger partial charge in [0.25, 0.3) is 5.56 Å². The molecule has 3 aromatic rings. The lowest BCUT2D eigenvalue weighted by atomic mass is 9.84. The van der Waals surface area contributed by atoms with Gasteiger partial charge in [-0.1, -0.05) is 36.4 Å². The molecule has 1 saturated heterocycles. The Morgan fingerprint density at radius 1 is 1.00 bits per heavy atom. The second kappa shape index (κ2) is 7.46. The summed E-state index contributed by atoms with van der Waals surface area (Å²) in [5, 5.41) is 4.63. The van der Waals surface area contributed by atoms with Crippen LogP contribution in [0.25, 0.3) is 11.3 Å². The van der Waals surface area contributed by atoms with Gasteiger partial charge in [-0.15, -0.1) is 0 Å². The van der Waals surface area contributed by atoms with Crippen LogP contribution in [0.15, 0.2) is 64.4 Å². The minimum atomic E-state index is -3.75. The maximum absolute atomic E-state index is 13.8. The molecule has 2 unspecified atom stereocenters. The second-order valence-corrected chi connectivity index (χ2v) is 10.7. The van der Waals surface area contributed by atoms with Crippen LogP contribution in [0.4, 0.5) is 0 Å². The molecule has 2 aromatic heterocycles. The number of hydrogen-bond donors (Lipinski definition) is 0. The van der Waals surface area contributed by atoms with Crippen molar-refractivity contribution in [3.05, 3.63) is 70.8 Å². The number of pyridine rings is 1. The van der Waals surface area contributed by atoms with Gasteiger partial charge in [0.15, 0.2) is 0 Å². The molecule has 8 heteroatoms. The van der Waals surface area contributed by atoms with Gasteiger partial charge in [0.1, 0.15) is 10.6 Å². The highest BCUT2D eigenvalue weighted by molar-refractivity contribution is 7.89. The van der Waals surface area contributed by atoms with Crippen molar-refractivity contribution >= 4 is 10.0 Å². The van der Waals surface area contributed by atoms with Crippen LogP contribution in [-0.4, -0.2) is 40.2 Å². The number of rotatable bonds is 4. The average Bonchev–Trinajstić information content (AvgIpc) is 3.22. The van der Waals surface area contributed by atoms with Crippen molar-refractivity contribution in [2.75, 3.05) is 13.1 Å². The second-order valence-electron chi connectivity index (χ2n) is 8.80. The third kappa shape index (κ3) is 3.43. The normalized spacial score (nSPS) is 21.3. The molecule has 0 spiro atoms. The fraction of sp³-hybridized carbons (Fsp3) is 0.391. The Balaban J connectivity index is 1.56. The number of fused-ring (bicyclic) bond motifs is 4. The zero-order valence-electron chi connectivity index (χ0n) is 17.7. The Labute approximate surface area is 182 Å². The highest BCUT2D eigenvalue weighted by Crippen LogP contribution is 2.38. The number of nitrogens with zero attached hydrogens (tertiary/aromatic N) is 4. The molecule has 1 fully saturated rings. The Kier molecular flexibility index (Phi) is 4.86. The van der Waals surface area contributed by atoms with E-state index in [0.717, 1.165) is 17.7 Å². The number of benzene rings is 1. The van der Waals surface area contributed by atoms with Crippen LogP contribution in [0.5, 0.6) is 0 Å². The first-order valence-corrected chi connectivity index (χ1v) is 12.1. The van der Waals surface area contributed by atoms with Crippen LogP contribution in [-0.2, 0) is 16.6 Å². The van der Waals surface area contributed by atoms with Crippen LogP contribution in [0.2, 0.25) is 0 Å². The summed E-state index contributed by atoms with van der Waals surface area (Å²) in [6.45, 7) is 5.33. The summed E-state index contributed by atoms with van der Waals surface area (Å²) in [4.78, 5) is 12.5. The minimum Gasteiger partial charge on any atom is -0.312 e. The van der Waals surface area contributed by atoms with Crippen molar-refractivity contribution in [2.45, 2.75) is 43.7 Å². The molecule has 0 saturated carbocycles. The molecular formula is C23H26N4O3S. The summed E-state index contributed by atoms with van der Waals surface area (Å²) >= 11 is 0. The average molecular weight is 439 g/mol. The smallest absolute Gasteiger partial charge is 0.250 e. The number of sulfonamides is 1. The summed E-state index contributed by atoms with van der Waals surface area (Å²) in [6.07, 6.45) is 2.57. The van der Waals surface area contributed by atoms with E-state index in [0.29, 0.717) is 25.3 Å². The topological polar surface area (TPSA) is 77.2 Å². The molecule has 2 aliphatic heterocycles. The Bertz CT molecular complexity index is 1280. The summed E-state index contributed by atoms with van der Waals surface area (Å²) in [6, 6.07) is 14.8. The maximum Gasteiger partial charge on any atom is 0.250 e. The van der Waals surface area contributed by atoms with Gasteiger partial charge < -0.3 is 4.57 Å². The van der Waals surface area contributed by atoms with E-state index < -0.39 is 10.0 Å². The fourth-order valence-corrected chi connectivity index (χ4v) is 6.52. The van der Waals surface area contributed by atoms with Crippen molar-refractivity contribution in [3.63, 3.8) is 0 Å². The van der Waals surface area contributed by atoms with Crippen LogP contribution in [0.1, 0.15) is 37.9 Å². The van der Waals surface area contributed by atoms with Crippen molar-refractivity contribution in [2.24, 2.45) is 5.92 Å². The highest BCUT2D eigenvalue weighted by atomic mass is 32.2. The fourth-order valence-electron chi connectivity index (χ4n) is 4.81. The zero-order valence-corrected chi connectivity index (χ0v) is 18.5. The first-order chi connectivity index (χ1) is 14.8. The molecular weight excluding hydrogens is 412 g/mol. The lowest BCUT2D eigenvalue weighted by molar-refractivity contribution is 0.186. The van der Waals surface area contributed by atoms with Gasteiger partial charge in [-0.2, -0.15) is 9.40 Å². The first-order valence-electron chi connectivity index (χ1n) is 10.7. The van der Waals surface area contributed by atoms with Gasteiger partial charge in [0, 0.05) is 55.1 Å². The van der Waals surface area contributed by atoms with E-state index in [1.54, 1.807) is 27.3 Å². The molecule has 2 aliphatic rings. The van der Waals surface area contributed by atoms with Crippen molar-refractivity contribution in [1.29, 1.82) is 0 Å².